The zero-order chi connectivity index (χ0) is 17.1. The van der Waals surface area contributed by atoms with E-state index in [1.165, 1.54) is 0 Å². The van der Waals surface area contributed by atoms with Gasteiger partial charge in [0.05, 0.1) is 12.0 Å². The molecule has 1 aromatic heterocycles. The zero-order valence-corrected chi connectivity index (χ0v) is 13.1. The molecule has 1 heterocycles. The van der Waals surface area contributed by atoms with Crippen molar-refractivity contribution in [2.24, 2.45) is 0 Å². The summed E-state index contributed by atoms with van der Waals surface area (Å²) >= 11 is 0. The average molecular weight is 324 g/mol. The van der Waals surface area contributed by atoms with Crippen molar-refractivity contribution < 1.29 is 19.1 Å². The fourth-order valence-electron chi connectivity index (χ4n) is 2.55. The molecule has 0 aliphatic heterocycles. The molecule has 0 saturated heterocycles. The van der Waals surface area contributed by atoms with Crippen molar-refractivity contribution in [2.75, 3.05) is 0 Å². The second kappa shape index (κ2) is 6.58. The summed E-state index contributed by atoms with van der Waals surface area (Å²) in [5.74, 6) is -0.439. The topological polar surface area (TPSA) is 76.7 Å². The summed E-state index contributed by atoms with van der Waals surface area (Å²) in [6, 6.07) is 14.9. The molecule has 5 nitrogen and oxygen atoms in total. The average Bonchev–Trinajstić information content (AvgIpc) is 2.58. The molecule has 0 amide bonds. The normalized spacial score (nSPS) is 10.7. The summed E-state index contributed by atoms with van der Waals surface area (Å²) in [6.45, 7) is 2.14. The first-order chi connectivity index (χ1) is 11.5. The minimum absolute atomic E-state index is 0.162. The molecule has 0 aliphatic rings. The Labute approximate surface area is 138 Å². The van der Waals surface area contributed by atoms with Crippen LogP contribution >= 0.6 is 0 Å². The van der Waals surface area contributed by atoms with Gasteiger partial charge in [0.2, 0.25) is 0 Å². The van der Waals surface area contributed by atoms with Crippen LogP contribution in [0.4, 0.5) is 0 Å². The molecule has 0 fully saturated rings. The molecule has 0 aliphatic carbocycles. The largest absolute Gasteiger partial charge is 0.489 e. The van der Waals surface area contributed by atoms with Gasteiger partial charge in [-0.15, -0.1) is 0 Å². The molecule has 0 bridgehead atoms. The van der Waals surface area contributed by atoms with Crippen molar-refractivity contribution in [3.8, 4) is 5.75 Å². The van der Waals surface area contributed by atoms with E-state index in [0.717, 1.165) is 5.56 Å². The van der Waals surface area contributed by atoms with Crippen LogP contribution in [0.25, 0.3) is 11.0 Å². The molecule has 2 aromatic carbocycles. The first-order valence-corrected chi connectivity index (χ1v) is 7.49. The smallest absolute Gasteiger partial charge is 0.340 e. The Hall–Kier alpha value is -3.08. The molecule has 122 valence electrons. The van der Waals surface area contributed by atoms with Gasteiger partial charge in [-0.3, -0.25) is 4.79 Å². The van der Waals surface area contributed by atoms with Crippen LogP contribution < -0.4 is 10.4 Å². The number of carbonyl (C=O) groups is 1. The van der Waals surface area contributed by atoms with E-state index >= 15 is 0 Å². The minimum atomic E-state index is -1.07. The second-order valence-electron chi connectivity index (χ2n) is 5.50. The van der Waals surface area contributed by atoms with Gasteiger partial charge in [0.25, 0.3) is 0 Å². The van der Waals surface area contributed by atoms with Gasteiger partial charge >= 0.3 is 11.6 Å². The molecule has 3 aromatic rings. The van der Waals surface area contributed by atoms with Crippen molar-refractivity contribution in [2.45, 2.75) is 20.0 Å². The van der Waals surface area contributed by atoms with Gasteiger partial charge in [0.1, 0.15) is 17.9 Å². The standard InChI is InChI=1S/C19H16O5/c1-12-15-9-14(23-11-13-5-3-2-4-6-13)7-8-17(15)24-19(22)16(12)10-18(20)21/h2-9H,10-11H2,1H3,(H,20,21). The number of aliphatic carboxylic acids is 1. The van der Waals surface area contributed by atoms with E-state index in [2.05, 4.69) is 0 Å². The Kier molecular flexibility index (Phi) is 4.33. The molecular formula is C19H16O5. The summed E-state index contributed by atoms with van der Waals surface area (Å²) in [4.78, 5) is 22.9. The maximum absolute atomic E-state index is 11.9. The third-order valence-corrected chi connectivity index (χ3v) is 3.83. The Morgan fingerprint density at radius 3 is 2.62 bits per heavy atom. The van der Waals surface area contributed by atoms with Crippen molar-refractivity contribution in [3.63, 3.8) is 0 Å². The highest BCUT2D eigenvalue weighted by Gasteiger charge is 2.14. The third kappa shape index (κ3) is 3.30. The highest BCUT2D eigenvalue weighted by molar-refractivity contribution is 5.84. The van der Waals surface area contributed by atoms with Gasteiger partial charge in [-0.1, -0.05) is 30.3 Å². The quantitative estimate of drug-likeness (QED) is 0.729. The van der Waals surface area contributed by atoms with E-state index in [4.69, 9.17) is 14.3 Å². The van der Waals surface area contributed by atoms with E-state index < -0.39 is 11.6 Å². The van der Waals surface area contributed by atoms with E-state index in [9.17, 15) is 9.59 Å². The van der Waals surface area contributed by atoms with Gasteiger partial charge in [-0.05, 0) is 36.2 Å². The molecule has 0 atom stereocenters. The number of carboxylic acid groups (broad SMARTS) is 1. The lowest BCUT2D eigenvalue weighted by atomic mass is 10.0. The van der Waals surface area contributed by atoms with Crippen molar-refractivity contribution in [3.05, 3.63) is 75.6 Å². The van der Waals surface area contributed by atoms with Gasteiger partial charge in [0, 0.05) is 5.39 Å². The van der Waals surface area contributed by atoms with E-state index in [0.29, 0.717) is 28.9 Å². The number of aryl methyl sites for hydroxylation is 1. The Morgan fingerprint density at radius 2 is 1.92 bits per heavy atom. The number of hydrogen-bond acceptors (Lipinski definition) is 4. The first-order valence-electron chi connectivity index (χ1n) is 7.49. The highest BCUT2D eigenvalue weighted by Crippen LogP contribution is 2.25. The number of hydrogen-bond donors (Lipinski definition) is 1. The minimum Gasteiger partial charge on any atom is -0.489 e. The van der Waals surface area contributed by atoms with Crippen molar-refractivity contribution >= 4 is 16.9 Å². The summed E-state index contributed by atoms with van der Waals surface area (Å²) < 4.78 is 11.0. The highest BCUT2D eigenvalue weighted by atomic mass is 16.5. The number of fused-ring (bicyclic) bond motifs is 1. The van der Waals surface area contributed by atoms with Crippen LogP contribution in [0.15, 0.2) is 57.7 Å². The van der Waals surface area contributed by atoms with Crippen LogP contribution in [0.1, 0.15) is 16.7 Å². The number of carboxylic acids is 1. The van der Waals surface area contributed by atoms with Gasteiger partial charge < -0.3 is 14.3 Å². The van der Waals surface area contributed by atoms with Gasteiger partial charge in [-0.2, -0.15) is 0 Å². The summed E-state index contributed by atoms with van der Waals surface area (Å²) in [5, 5.41) is 9.62. The fraction of sp³-hybridized carbons (Fsp3) is 0.158. The monoisotopic (exact) mass is 324 g/mol. The maximum Gasteiger partial charge on any atom is 0.340 e. The van der Waals surface area contributed by atoms with Gasteiger partial charge in [-0.25, -0.2) is 4.79 Å². The molecule has 0 saturated carbocycles. The molecular weight excluding hydrogens is 308 g/mol. The maximum atomic E-state index is 11.9. The molecule has 3 rings (SSSR count). The molecule has 0 spiro atoms. The molecule has 0 radical (unpaired) electrons. The van der Waals surface area contributed by atoms with Gasteiger partial charge in [0.15, 0.2) is 0 Å². The summed E-state index contributed by atoms with van der Waals surface area (Å²) in [6.07, 6.45) is -0.362. The zero-order valence-electron chi connectivity index (χ0n) is 13.1. The second-order valence-corrected chi connectivity index (χ2v) is 5.50. The molecule has 5 heteroatoms. The summed E-state index contributed by atoms with van der Waals surface area (Å²) in [5.41, 5.74) is 1.61. The summed E-state index contributed by atoms with van der Waals surface area (Å²) in [7, 11) is 0. The predicted molar refractivity (Wildman–Crippen MR) is 89.3 cm³/mol. The van der Waals surface area contributed by atoms with Crippen LogP contribution in [0, 0.1) is 6.92 Å². The lowest BCUT2D eigenvalue weighted by Crippen LogP contribution is -2.14. The first kappa shape index (κ1) is 15.8. The van der Waals surface area contributed by atoms with Crippen LogP contribution in [0.2, 0.25) is 0 Å². The number of rotatable bonds is 5. The van der Waals surface area contributed by atoms with Crippen molar-refractivity contribution in [1.29, 1.82) is 0 Å². The fourth-order valence-corrected chi connectivity index (χ4v) is 2.55. The van der Waals surface area contributed by atoms with Crippen LogP contribution in [-0.4, -0.2) is 11.1 Å². The Morgan fingerprint density at radius 1 is 1.17 bits per heavy atom. The SMILES string of the molecule is Cc1c(CC(=O)O)c(=O)oc2ccc(OCc3ccccc3)cc12. The molecule has 0 unspecified atom stereocenters. The lowest BCUT2D eigenvalue weighted by Gasteiger charge is -2.10. The Balaban J connectivity index is 1.94. The molecule has 1 N–H and O–H groups in total. The number of benzene rings is 2. The van der Waals surface area contributed by atoms with Crippen molar-refractivity contribution in [1.82, 2.24) is 0 Å². The lowest BCUT2D eigenvalue weighted by molar-refractivity contribution is -0.136. The van der Waals surface area contributed by atoms with E-state index in [1.807, 2.05) is 30.3 Å². The predicted octanol–water partition coefficient (Wildman–Crippen LogP) is 3.31. The molecule has 24 heavy (non-hydrogen) atoms. The van der Waals surface area contributed by atoms with Crippen LogP contribution in [0.3, 0.4) is 0 Å². The van der Waals surface area contributed by atoms with Crippen LogP contribution in [-0.2, 0) is 17.8 Å². The van der Waals surface area contributed by atoms with E-state index in [-0.39, 0.29) is 12.0 Å². The number of ether oxygens (including phenoxy) is 1. The van der Waals surface area contributed by atoms with E-state index in [1.54, 1.807) is 25.1 Å². The van der Waals surface area contributed by atoms with Crippen LogP contribution in [0.5, 0.6) is 5.75 Å². The Bertz CT molecular complexity index is 941. The third-order valence-electron chi connectivity index (χ3n) is 3.83.